The molecular formula is C14H12BrClS. The molecule has 3 heteroatoms. The average Bonchev–Trinajstić information content (AvgIpc) is 2.95. The van der Waals surface area contributed by atoms with Crippen molar-refractivity contribution in [2.45, 2.75) is 24.1 Å². The third-order valence-electron chi connectivity index (χ3n) is 3.26. The van der Waals surface area contributed by atoms with E-state index in [4.69, 9.17) is 11.6 Å². The van der Waals surface area contributed by atoms with Crippen LogP contribution in [0.25, 0.3) is 0 Å². The molecule has 0 saturated carbocycles. The molecule has 0 nitrogen and oxygen atoms in total. The second kappa shape index (κ2) is 4.75. The third-order valence-corrected chi connectivity index (χ3v) is 5.88. The maximum Gasteiger partial charge on any atom is 0.0931 e. The molecule has 0 bridgehead atoms. The first kappa shape index (κ1) is 11.8. The van der Waals surface area contributed by atoms with Gasteiger partial charge in [0, 0.05) is 4.88 Å². The summed E-state index contributed by atoms with van der Waals surface area (Å²) in [7, 11) is 0. The fourth-order valence-corrected chi connectivity index (χ4v) is 4.16. The van der Waals surface area contributed by atoms with Crippen LogP contribution in [0.4, 0.5) is 0 Å². The van der Waals surface area contributed by atoms with Crippen molar-refractivity contribution in [2.24, 2.45) is 0 Å². The number of hydrogen-bond donors (Lipinski definition) is 0. The van der Waals surface area contributed by atoms with Crippen molar-refractivity contribution in [2.75, 3.05) is 0 Å². The van der Waals surface area contributed by atoms with E-state index in [0.29, 0.717) is 0 Å². The second-order valence-corrected chi connectivity index (χ2v) is 7.05. The fraction of sp³-hybridized carbons (Fsp3) is 0.286. The lowest BCUT2D eigenvalue weighted by molar-refractivity contribution is 0.911. The number of aryl methyl sites for hydroxylation is 2. The van der Waals surface area contributed by atoms with Gasteiger partial charge < -0.3 is 0 Å². The first-order chi connectivity index (χ1) is 8.24. The van der Waals surface area contributed by atoms with Gasteiger partial charge in [-0.05, 0) is 48.1 Å². The molecule has 0 fully saturated rings. The Morgan fingerprint density at radius 3 is 2.71 bits per heavy atom. The Hall–Kier alpha value is -0.310. The summed E-state index contributed by atoms with van der Waals surface area (Å²) in [6.07, 6.45) is 3.78. The molecule has 1 aromatic carbocycles. The predicted octanol–water partition coefficient (Wildman–Crippen LogP) is 5.37. The standard InChI is InChI=1S/C14H12BrClS/c15-14(12-6-7-13(16)17-12)11-5-4-9-2-1-3-10(9)8-11/h4-8,14H,1-3H2. The molecule has 1 heterocycles. The van der Waals surface area contributed by atoms with E-state index in [1.54, 1.807) is 11.3 Å². The van der Waals surface area contributed by atoms with Gasteiger partial charge in [-0.3, -0.25) is 0 Å². The van der Waals surface area contributed by atoms with E-state index in [1.807, 2.05) is 6.07 Å². The number of hydrogen-bond acceptors (Lipinski definition) is 1. The molecule has 0 spiro atoms. The van der Waals surface area contributed by atoms with Crippen LogP contribution < -0.4 is 0 Å². The maximum absolute atomic E-state index is 5.98. The number of halogens is 2. The van der Waals surface area contributed by atoms with E-state index in [0.717, 1.165) is 4.34 Å². The van der Waals surface area contributed by atoms with Gasteiger partial charge in [-0.25, -0.2) is 0 Å². The van der Waals surface area contributed by atoms with Crippen LogP contribution >= 0.6 is 38.9 Å². The zero-order valence-electron chi connectivity index (χ0n) is 9.25. The summed E-state index contributed by atoms with van der Waals surface area (Å²) < 4.78 is 0.852. The molecule has 0 radical (unpaired) electrons. The molecule has 1 atom stereocenters. The van der Waals surface area contributed by atoms with Crippen molar-refractivity contribution in [3.05, 3.63) is 56.2 Å². The topological polar surface area (TPSA) is 0 Å². The number of thiophene rings is 1. The molecule has 1 aliphatic carbocycles. The molecule has 88 valence electrons. The van der Waals surface area contributed by atoms with Crippen LogP contribution in [0.15, 0.2) is 30.3 Å². The summed E-state index contributed by atoms with van der Waals surface area (Å²) in [6.45, 7) is 0. The first-order valence-electron chi connectivity index (χ1n) is 5.75. The summed E-state index contributed by atoms with van der Waals surface area (Å²) in [4.78, 5) is 1.54. The molecule has 0 amide bonds. The molecule has 1 aromatic heterocycles. The van der Waals surface area contributed by atoms with Crippen LogP contribution in [0, 0.1) is 0 Å². The van der Waals surface area contributed by atoms with E-state index in [1.165, 1.54) is 40.8 Å². The monoisotopic (exact) mass is 326 g/mol. The molecule has 0 N–H and O–H groups in total. The van der Waals surface area contributed by atoms with Crippen LogP contribution in [0.2, 0.25) is 4.34 Å². The van der Waals surface area contributed by atoms with Gasteiger partial charge in [-0.1, -0.05) is 45.7 Å². The molecule has 0 saturated heterocycles. The fourth-order valence-electron chi connectivity index (χ4n) is 2.38. The van der Waals surface area contributed by atoms with E-state index in [2.05, 4.69) is 40.2 Å². The summed E-state index contributed by atoms with van der Waals surface area (Å²) in [5, 5.41) is 0. The number of benzene rings is 1. The van der Waals surface area contributed by atoms with Crippen LogP contribution in [-0.4, -0.2) is 0 Å². The largest absolute Gasteiger partial charge is 0.127 e. The van der Waals surface area contributed by atoms with Crippen molar-refractivity contribution in [1.29, 1.82) is 0 Å². The lowest BCUT2D eigenvalue weighted by atomic mass is 10.0. The van der Waals surface area contributed by atoms with Gasteiger partial charge in [0.05, 0.1) is 9.16 Å². The Bertz CT molecular complexity index is 547. The average molecular weight is 328 g/mol. The van der Waals surface area contributed by atoms with Crippen molar-refractivity contribution in [3.8, 4) is 0 Å². The maximum atomic E-state index is 5.98. The summed E-state index contributed by atoms with van der Waals surface area (Å²) in [5.74, 6) is 0. The van der Waals surface area contributed by atoms with E-state index in [9.17, 15) is 0 Å². The van der Waals surface area contributed by atoms with Crippen molar-refractivity contribution < 1.29 is 0 Å². The van der Waals surface area contributed by atoms with E-state index in [-0.39, 0.29) is 4.83 Å². The molecule has 2 aromatic rings. The van der Waals surface area contributed by atoms with Crippen LogP contribution in [-0.2, 0) is 12.8 Å². The quantitative estimate of drug-likeness (QED) is 0.650. The summed E-state index contributed by atoms with van der Waals surface area (Å²) in [6, 6.07) is 10.9. The first-order valence-corrected chi connectivity index (χ1v) is 7.86. The minimum Gasteiger partial charge on any atom is -0.127 e. The molecule has 1 unspecified atom stereocenters. The predicted molar refractivity (Wildman–Crippen MR) is 78.6 cm³/mol. The second-order valence-electron chi connectivity index (χ2n) is 4.39. The highest BCUT2D eigenvalue weighted by molar-refractivity contribution is 9.09. The van der Waals surface area contributed by atoms with Crippen molar-refractivity contribution in [3.63, 3.8) is 0 Å². The van der Waals surface area contributed by atoms with Crippen molar-refractivity contribution >= 4 is 38.9 Å². The van der Waals surface area contributed by atoms with Crippen LogP contribution in [0.1, 0.15) is 32.8 Å². The lowest BCUT2D eigenvalue weighted by Gasteiger charge is -2.10. The van der Waals surface area contributed by atoms with E-state index < -0.39 is 0 Å². The Labute approximate surface area is 119 Å². The van der Waals surface area contributed by atoms with Gasteiger partial charge in [0.25, 0.3) is 0 Å². The van der Waals surface area contributed by atoms with Gasteiger partial charge in [0.2, 0.25) is 0 Å². The number of rotatable bonds is 2. The van der Waals surface area contributed by atoms with Crippen LogP contribution in [0.5, 0.6) is 0 Å². The van der Waals surface area contributed by atoms with E-state index >= 15 is 0 Å². The van der Waals surface area contributed by atoms with Crippen molar-refractivity contribution in [1.82, 2.24) is 0 Å². The molecule has 0 aliphatic heterocycles. The Morgan fingerprint density at radius 1 is 1.12 bits per heavy atom. The highest BCUT2D eigenvalue weighted by Crippen LogP contribution is 2.38. The van der Waals surface area contributed by atoms with Gasteiger partial charge in [0.15, 0.2) is 0 Å². The molecule has 3 rings (SSSR count). The molecule has 17 heavy (non-hydrogen) atoms. The molecule has 1 aliphatic rings. The third kappa shape index (κ3) is 2.31. The normalized spacial score (nSPS) is 15.9. The lowest BCUT2D eigenvalue weighted by Crippen LogP contribution is -1.92. The van der Waals surface area contributed by atoms with Gasteiger partial charge in [0.1, 0.15) is 0 Å². The zero-order chi connectivity index (χ0) is 11.8. The minimum absolute atomic E-state index is 0.269. The highest BCUT2D eigenvalue weighted by Gasteiger charge is 2.16. The summed E-state index contributed by atoms with van der Waals surface area (Å²) in [5.41, 5.74) is 4.39. The Kier molecular flexibility index (Phi) is 3.29. The van der Waals surface area contributed by atoms with Crippen LogP contribution in [0.3, 0.4) is 0 Å². The highest BCUT2D eigenvalue weighted by atomic mass is 79.9. The van der Waals surface area contributed by atoms with Gasteiger partial charge in [-0.2, -0.15) is 0 Å². The molecular weight excluding hydrogens is 316 g/mol. The zero-order valence-corrected chi connectivity index (χ0v) is 12.4. The summed E-state index contributed by atoms with van der Waals surface area (Å²) >= 11 is 11.4. The number of fused-ring (bicyclic) bond motifs is 1. The Balaban J connectivity index is 1.94. The number of alkyl halides is 1. The van der Waals surface area contributed by atoms with Gasteiger partial charge in [-0.15, -0.1) is 11.3 Å². The smallest absolute Gasteiger partial charge is 0.0931 e. The minimum atomic E-state index is 0.269. The van der Waals surface area contributed by atoms with Gasteiger partial charge >= 0.3 is 0 Å². The Morgan fingerprint density at radius 2 is 1.94 bits per heavy atom. The SMILES string of the molecule is Clc1ccc(C(Br)c2ccc3c(c2)CCC3)s1.